The average Bonchev–Trinajstić information content (AvgIpc) is 3.06. The summed E-state index contributed by atoms with van der Waals surface area (Å²) in [5, 5.41) is 5.46. The summed E-state index contributed by atoms with van der Waals surface area (Å²) in [6, 6.07) is 9.89. The Hall–Kier alpha value is -2.29. The van der Waals surface area contributed by atoms with Gasteiger partial charge in [0.2, 0.25) is 4.96 Å². The highest BCUT2D eigenvalue weighted by Crippen LogP contribution is 2.11. The summed E-state index contributed by atoms with van der Waals surface area (Å²) in [7, 11) is 1.70. The van der Waals surface area contributed by atoms with Crippen LogP contribution in [-0.4, -0.2) is 47.9 Å². The van der Waals surface area contributed by atoms with Crippen molar-refractivity contribution < 1.29 is 14.5 Å². The molecule has 142 valence electrons. The SMILES string of the molecule is COc1ccc(C[NH+]2CC[NH+](Cc3nn4c(=O)cc(C)nc4s3)CC2)cc1. The number of nitrogens with one attached hydrogen (secondary N) is 2. The van der Waals surface area contributed by atoms with Crippen LogP contribution in [0.2, 0.25) is 0 Å². The van der Waals surface area contributed by atoms with Crippen LogP contribution in [0.3, 0.4) is 0 Å². The molecular weight excluding hydrogens is 362 g/mol. The van der Waals surface area contributed by atoms with Crippen molar-refractivity contribution in [3.8, 4) is 5.75 Å². The number of aromatic nitrogens is 3. The molecule has 0 saturated carbocycles. The van der Waals surface area contributed by atoms with E-state index in [1.807, 2.05) is 19.1 Å². The van der Waals surface area contributed by atoms with Gasteiger partial charge in [-0.15, -0.1) is 0 Å². The first-order valence-corrected chi connectivity index (χ1v) is 10.1. The Morgan fingerprint density at radius 2 is 1.78 bits per heavy atom. The monoisotopic (exact) mass is 387 g/mol. The van der Waals surface area contributed by atoms with E-state index in [2.05, 4.69) is 22.2 Å². The Balaban J connectivity index is 1.34. The van der Waals surface area contributed by atoms with Gasteiger partial charge in [0.25, 0.3) is 5.56 Å². The summed E-state index contributed by atoms with van der Waals surface area (Å²) in [5.41, 5.74) is 2.00. The standard InChI is InChI=1S/C19H23N5O2S/c1-14-11-18(25)24-19(20-14)27-17(21-24)13-23-9-7-22(8-10-23)12-15-3-5-16(26-2)6-4-15/h3-6,11H,7-10,12-13H2,1-2H3/p+2. The van der Waals surface area contributed by atoms with E-state index in [0.29, 0.717) is 4.96 Å². The lowest BCUT2D eigenvalue weighted by molar-refractivity contribution is -1.02. The Kier molecular flexibility index (Phi) is 5.20. The van der Waals surface area contributed by atoms with Gasteiger partial charge in [0.15, 0.2) is 5.01 Å². The van der Waals surface area contributed by atoms with Crippen molar-refractivity contribution in [3.63, 3.8) is 0 Å². The molecule has 0 atom stereocenters. The first-order chi connectivity index (χ1) is 13.1. The van der Waals surface area contributed by atoms with Crippen molar-refractivity contribution in [3.05, 3.63) is 57.0 Å². The molecular formula is C19H25N5O2S+2. The van der Waals surface area contributed by atoms with Crippen molar-refractivity contribution in [2.24, 2.45) is 0 Å². The third-order valence-electron chi connectivity index (χ3n) is 5.09. The Morgan fingerprint density at radius 1 is 1.11 bits per heavy atom. The number of benzene rings is 1. The minimum atomic E-state index is -0.0937. The van der Waals surface area contributed by atoms with Crippen LogP contribution in [0.15, 0.2) is 35.1 Å². The van der Waals surface area contributed by atoms with E-state index in [-0.39, 0.29) is 5.56 Å². The van der Waals surface area contributed by atoms with Crippen LogP contribution < -0.4 is 20.1 Å². The fourth-order valence-electron chi connectivity index (χ4n) is 3.59. The molecule has 0 radical (unpaired) electrons. The number of hydrogen-bond donors (Lipinski definition) is 2. The average molecular weight is 388 g/mol. The zero-order chi connectivity index (χ0) is 18.8. The lowest BCUT2D eigenvalue weighted by Gasteiger charge is -2.29. The van der Waals surface area contributed by atoms with Crippen LogP contribution >= 0.6 is 11.3 Å². The van der Waals surface area contributed by atoms with Gasteiger partial charge in [0, 0.05) is 17.3 Å². The molecule has 2 N–H and O–H groups in total. The lowest BCUT2D eigenvalue weighted by Crippen LogP contribution is -3.27. The summed E-state index contributed by atoms with van der Waals surface area (Å²) in [6.07, 6.45) is 0. The molecule has 0 bridgehead atoms. The van der Waals surface area contributed by atoms with E-state index < -0.39 is 0 Å². The van der Waals surface area contributed by atoms with Gasteiger partial charge in [-0.05, 0) is 31.2 Å². The number of methoxy groups -OCH3 is 1. The molecule has 4 rings (SSSR count). The second-order valence-electron chi connectivity index (χ2n) is 7.13. The van der Waals surface area contributed by atoms with Crippen molar-refractivity contribution >= 4 is 16.3 Å². The Labute approximate surface area is 161 Å². The highest BCUT2D eigenvalue weighted by Gasteiger charge is 2.24. The van der Waals surface area contributed by atoms with E-state index in [1.54, 1.807) is 12.0 Å². The molecule has 2 aromatic heterocycles. The largest absolute Gasteiger partial charge is 0.497 e. The first-order valence-electron chi connectivity index (χ1n) is 9.27. The lowest BCUT2D eigenvalue weighted by atomic mass is 10.2. The van der Waals surface area contributed by atoms with Gasteiger partial charge in [-0.3, -0.25) is 4.79 Å². The predicted molar refractivity (Wildman–Crippen MR) is 104 cm³/mol. The zero-order valence-electron chi connectivity index (χ0n) is 15.7. The number of nitrogens with zero attached hydrogens (tertiary/aromatic N) is 3. The molecule has 0 aliphatic carbocycles. The number of quaternary nitrogens is 2. The van der Waals surface area contributed by atoms with Crippen LogP contribution in [0.5, 0.6) is 5.75 Å². The Morgan fingerprint density at radius 3 is 2.44 bits per heavy atom. The van der Waals surface area contributed by atoms with Crippen LogP contribution in [0.4, 0.5) is 0 Å². The number of piperazine rings is 1. The molecule has 1 aliphatic rings. The molecule has 0 spiro atoms. The van der Waals surface area contributed by atoms with Crippen LogP contribution in [-0.2, 0) is 13.1 Å². The van der Waals surface area contributed by atoms with Crippen LogP contribution in [0.1, 0.15) is 16.3 Å². The van der Waals surface area contributed by atoms with Gasteiger partial charge in [-0.25, -0.2) is 4.98 Å². The van der Waals surface area contributed by atoms with Crippen molar-refractivity contribution in [1.82, 2.24) is 14.6 Å². The molecule has 1 aromatic carbocycles. The molecule has 1 saturated heterocycles. The first kappa shape index (κ1) is 18.1. The van der Waals surface area contributed by atoms with Crippen molar-refractivity contribution in [1.29, 1.82) is 0 Å². The maximum Gasteiger partial charge on any atom is 0.275 e. The van der Waals surface area contributed by atoms with E-state index in [4.69, 9.17) is 4.74 Å². The van der Waals surface area contributed by atoms with Crippen LogP contribution in [0, 0.1) is 6.92 Å². The summed E-state index contributed by atoms with van der Waals surface area (Å²) in [4.78, 5) is 20.3. The number of ether oxygens (including phenoxy) is 1. The Bertz CT molecular complexity index is 974. The smallest absolute Gasteiger partial charge is 0.275 e. The number of fused-ring (bicyclic) bond motifs is 1. The van der Waals surface area contributed by atoms with E-state index in [0.717, 1.165) is 55.7 Å². The van der Waals surface area contributed by atoms with E-state index >= 15 is 0 Å². The molecule has 3 heterocycles. The summed E-state index contributed by atoms with van der Waals surface area (Å²) in [6.45, 7) is 8.27. The van der Waals surface area contributed by atoms with Crippen LogP contribution in [0.25, 0.3) is 4.96 Å². The minimum Gasteiger partial charge on any atom is -0.497 e. The predicted octanol–water partition coefficient (Wildman–Crippen LogP) is -1.05. The molecule has 7 nitrogen and oxygen atoms in total. The summed E-state index contributed by atoms with van der Waals surface area (Å²) < 4.78 is 6.65. The molecule has 0 unspecified atom stereocenters. The van der Waals surface area contributed by atoms with Gasteiger partial charge in [-0.1, -0.05) is 11.3 Å². The molecule has 3 aromatic rings. The van der Waals surface area contributed by atoms with E-state index in [9.17, 15) is 4.79 Å². The minimum absolute atomic E-state index is 0.0937. The second kappa shape index (κ2) is 7.75. The molecule has 8 heteroatoms. The van der Waals surface area contributed by atoms with Gasteiger partial charge in [-0.2, -0.15) is 9.61 Å². The van der Waals surface area contributed by atoms with Crippen molar-refractivity contribution in [2.75, 3.05) is 33.3 Å². The third-order valence-corrected chi connectivity index (χ3v) is 6.00. The third kappa shape index (κ3) is 4.18. The molecule has 1 fully saturated rings. The maximum absolute atomic E-state index is 12.0. The summed E-state index contributed by atoms with van der Waals surface area (Å²) >= 11 is 1.53. The fraction of sp³-hybridized carbons (Fsp3) is 0.421. The van der Waals surface area contributed by atoms with Gasteiger partial charge >= 0.3 is 0 Å². The fourth-order valence-corrected chi connectivity index (χ4v) is 4.60. The maximum atomic E-state index is 12.0. The highest BCUT2D eigenvalue weighted by molar-refractivity contribution is 7.16. The number of aryl methyl sites for hydroxylation is 1. The van der Waals surface area contributed by atoms with E-state index in [1.165, 1.54) is 32.4 Å². The molecule has 27 heavy (non-hydrogen) atoms. The number of hydrogen-bond acceptors (Lipinski definition) is 5. The quantitative estimate of drug-likeness (QED) is 0.587. The summed E-state index contributed by atoms with van der Waals surface area (Å²) in [5.74, 6) is 0.905. The highest BCUT2D eigenvalue weighted by atomic mass is 32.1. The molecule has 1 aliphatic heterocycles. The molecule has 0 amide bonds. The number of rotatable bonds is 5. The normalized spacial score (nSPS) is 20.1. The van der Waals surface area contributed by atoms with Gasteiger partial charge in [0.1, 0.15) is 45.0 Å². The van der Waals surface area contributed by atoms with Gasteiger partial charge < -0.3 is 14.5 Å². The second-order valence-corrected chi connectivity index (χ2v) is 8.17. The van der Waals surface area contributed by atoms with Gasteiger partial charge in [0.05, 0.1) is 7.11 Å². The zero-order valence-corrected chi connectivity index (χ0v) is 16.5. The topological polar surface area (TPSA) is 65.4 Å². The van der Waals surface area contributed by atoms with Crippen molar-refractivity contribution in [2.45, 2.75) is 20.0 Å².